The van der Waals surface area contributed by atoms with Gasteiger partial charge in [-0.05, 0) is 48.4 Å². The summed E-state index contributed by atoms with van der Waals surface area (Å²) < 4.78 is 10.5. The van der Waals surface area contributed by atoms with Crippen molar-refractivity contribution in [3.63, 3.8) is 0 Å². The van der Waals surface area contributed by atoms with Crippen molar-refractivity contribution in [1.29, 1.82) is 0 Å². The number of rotatable bonds is 6. The van der Waals surface area contributed by atoms with Crippen molar-refractivity contribution < 1.29 is 19.1 Å². The Labute approximate surface area is 173 Å². The van der Waals surface area contributed by atoms with Crippen LogP contribution < -0.4 is 20.1 Å². The molecule has 0 unspecified atom stereocenters. The number of aryl methyl sites for hydroxylation is 1. The number of carbonyl (C=O) groups is 2. The van der Waals surface area contributed by atoms with Gasteiger partial charge in [-0.2, -0.15) is 0 Å². The van der Waals surface area contributed by atoms with Crippen LogP contribution in [-0.2, 0) is 4.79 Å². The van der Waals surface area contributed by atoms with Gasteiger partial charge in [0, 0.05) is 23.6 Å². The van der Waals surface area contributed by atoms with E-state index in [9.17, 15) is 9.59 Å². The predicted octanol–water partition coefficient (Wildman–Crippen LogP) is 4.95. The molecule has 0 spiro atoms. The van der Waals surface area contributed by atoms with Gasteiger partial charge in [0.15, 0.2) is 0 Å². The summed E-state index contributed by atoms with van der Waals surface area (Å²) in [5, 5.41) is 5.57. The fourth-order valence-corrected chi connectivity index (χ4v) is 3.84. The summed E-state index contributed by atoms with van der Waals surface area (Å²) in [5.41, 5.74) is 3.17. The van der Waals surface area contributed by atoms with Crippen molar-refractivity contribution in [2.45, 2.75) is 13.8 Å². The van der Waals surface area contributed by atoms with E-state index in [0.717, 1.165) is 21.8 Å². The summed E-state index contributed by atoms with van der Waals surface area (Å²) in [5.74, 6) is 0.864. The Bertz CT molecular complexity index is 1040. The Morgan fingerprint density at radius 3 is 2.28 bits per heavy atom. The third-order valence-corrected chi connectivity index (χ3v) is 5.36. The average molecular weight is 410 g/mol. The van der Waals surface area contributed by atoms with Gasteiger partial charge in [-0.15, -0.1) is 11.3 Å². The Balaban J connectivity index is 1.80. The quantitative estimate of drug-likeness (QED) is 0.603. The molecule has 0 saturated heterocycles. The van der Waals surface area contributed by atoms with Crippen molar-refractivity contribution in [2.75, 3.05) is 24.9 Å². The van der Waals surface area contributed by atoms with Gasteiger partial charge in [0.25, 0.3) is 5.91 Å². The number of ether oxygens (including phenoxy) is 2. The molecule has 7 heteroatoms. The third kappa shape index (κ3) is 4.75. The number of hydrogen-bond acceptors (Lipinski definition) is 5. The molecule has 0 fully saturated rings. The number of methoxy groups -OCH3 is 2. The number of hydrogen-bond donors (Lipinski definition) is 2. The number of nitrogens with one attached hydrogen (secondary N) is 2. The van der Waals surface area contributed by atoms with Crippen molar-refractivity contribution in [3.05, 3.63) is 58.3 Å². The fourth-order valence-electron chi connectivity index (χ4n) is 2.91. The van der Waals surface area contributed by atoms with Gasteiger partial charge in [0.05, 0.1) is 24.8 Å². The molecular formula is C22H22N2O4S. The summed E-state index contributed by atoms with van der Waals surface area (Å²) >= 11 is 1.44. The van der Waals surface area contributed by atoms with E-state index in [2.05, 4.69) is 10.6 Å². The van der Waals surface area contributed by atoms with Crippen molar-refractivity contribution in [1.82, 2.24) is 0 Å². The molecule has 0 aliphatic heterocycles. The lowest BCUT2D eigenvalue weighted by molar-refractivity contribution is -0.114. The summed E-state index contributed by atoms with van der Waals surface area (Å²) in [7, 11) is 3.14. The van der Waals surface area contributed by atoms with E-state index in [1.54, 1.807) is 25.3 Å². The van der Waals surface area contributed by atoms with Crippen LogP contribution >= 0.6 is 11.3 Å². The standard InChI is InChI=1S/C22H22N2O4S/c1-13-18(15-5-8-17(27-3)9-6-15)12-21(29-13)22(26)24-16-7-10-19(23-14(2)25)20(11-16)28-4/h5-12H,1-4H3,(H,23,25)(H,24,26). The molecule has 3 aromatic rings. The van der Waals surface area contributed by atoms with Crippen LogP contribution in [0.4, 0.5) is 11.4 Å². The summed E-state index contributed by atoms with van der Waals surface area (Å²) in [4.78, 5) is 25.7. The summed E-state index contributed by atoms with van der Waals surface area (Å²) in [6, 6.07) is 14.7. The molecule has 6 nitrogen and oxygen atoms in total. The maximum absolute atomic E-state index is 12.7. The number of benzene rings is 2. The summed E-state index contributed by atoms with van der Waals surface area (Å²) in [6.07, 6.45) is 0. The molecule has 0 saturated carbocycles. The van der Waals surface area contributed by atoms with Crippen LogP contribution in [0.15, 0.2) is 48.5 Å². The lowest BCUT2D eigenvalue weighted by Crippen LogP contribution is -2.11. The number of amides is 2. The first-order valence-corrected chi connectivity index (χ1v) is 9.74. The second-order valence-corrected chi connectivity index (χ2v) is 7.62. The van der Waals surface area contributed by atoms with Crippen LogP contribution in [0.5, 0.6) is 11.5 Å². The largest absolute Gasteiger partial charge is 0.497 e. The smallest absolute Gasteiger partial charge is 0.265 e. The number of anilines is 2. The summed E-state index contributed by atoms with van der Waals surface area (Å²) in [6.45, 7) is 3.42. The van der Waals surface area contributed by atoms with Crippen LogP contribution in [0.1, 0.15) is 21.5 Å². The van der Waals surface area contributed by atoms with E-state index in [4.69, 9.17) is 9.47 Å². The molecule has 0 aliphatic rings. The number of thiophene rings is 1. The highest BCUT2D eigenvalue weighted by Gasteiger charge is 2.15. The lowest BCUT2D eigenvalue weighted by atomic mass is 10.1. The zero-order valence-corrected chi connectivity index (χ0v) is 17.5. The van der Waals surface area contributed by atoms with Gasteiger partial charge in [0.1, 0.15) is 11.5 Å². The minimum absolute atomic E-state index is 0.194. The van der Waals surface area contributed by atoms with Crippen molar-refractivity contribution >= 4 is 34.5 Å². The molecule has 0 radical (unpaired) electrons. The highest BCUT2D eigenvalue weighted by molar-refractivity contribution is 7.14. The Kier molecular flexibility index (Phi) is 6.19. The molecule has 0 bridgehead atoms. The van der Waals surface area contributed by atoms with Gasteiger partial charge in [-0.25, -0.2) is 0 Å². The fraction of sp³-hybridized carbons (Fsp3) is 0.182. The molecule has 1 heterocycles. The molecule has 2 N–H and O–H groups in total. The van der Waals surface area contributed by atoms with Crippen LogP contribution in [0.3, 0.4) is 0 Å². The van der Waals surface area contributed by atoms with Gasteiger partial charge >= 0.3 is 0 Å². The van der Waals surface area contributed by atoms with E-state index < -0.39 is 0 Å². The Morgan fingerprint density at radius 1 is 0.931 bits per heavy atom. The zero-order chi connectivity index (χ0) is 21.0. The third-order valence-electron chi connectivity index (χ3n) is 4.31. The normalized spacial score (nSPS) is 10.3. The second-order valence-electron chi connectivity index (χ2n) is 6.36. The van der Waals surface area contributed by atoms with E-state index in [0.29, 0.717) is 22.0 Å². The SMILES string of the molecule is COc1ccc(-c2cc(C(=O)Nc3ccc(NC(C)=O)c(OC)c3)sc2C)cc1. The lowest BCUT2D eigenvalue weighted by Gasteiger charge is -2.11. The second kappa shape index (κ2) is 8.79. The minimum atomic E-state index is -0.202. The van der Waals surface area contributed by atoms with E-state index in [-0.39, 0.29) is 11.8 Å². The maximum Gasteiger partial charge on any atom is 0.265 e. The highest BCUT2D eigenvalue weighted by atomic mass is 32.1. The van der Waals surface area contributed by atoms with Gasteiger partial charge in [0.2, 0.25) is 5.91 Å². The van der Waals surface area contributed by atoms with Crippen LogP contribution in [0, 0.1) is 6.92 Å². The average Bonchev–Trinajstić information content (AvgIpc) is 3.10. The van der Waals surface area contributed by atoms with Gasteiger partial charge < -0.3 is 20.1 Å². The van der Waals surface area contributed by atoms with Crippen molar-refractivity contribution in [3.8, 4) is 22.6 Å². The highest BCUT2D eigenvalue weighted by Crippen LogP contribution is 2.33. The maximum atomic E-state index is 12.7. The van der Waals surface area contributed by atoms with E-state index in [1.807, 2.05) is 37.3 Å². The topological polar surface area (TPSA) is 76.7 Å². The van der Waals surface area contributed by atoms with E-state index in [1.165, 1.54) is 25.4 Å². The zero-order valence-electron chi connectivity index (χ0n) is 16.7. The first kappa shape index (κ1) is 20.4. The minimum Gasteiger partial charge on any atom is -0.497 e. The molecule has 0 atom stereocenters. The van der Waals surface area contributed by atoms with Crippen molar-refractivity contribution in [2.24, 2.45) is 0 Å². The van der Waals surface area contributed by atoms with Crippen LogP contribution in [-0.4, -0.2) is 26.0 Å². The van der Waals surface area contributed by atoms with Gasteiger partial charge in [-0.3, -0.25) is 9.59 Å². The molecule has 0 aliphatic carbocycles. The van der Waals surface area contributed by atoms with E-state index >= 15 is 0 Å². The molecule has 2 aromatic carbocycles. The monoisotopic (exact) mass is 410 g/mol. The first-order chi connectivity index (χ1) is 13.9. The molecule has 2 amide bonds. The molecular weight excluding hydrogens is 388 g/mol. The molecule has 1 aromatic heterocycles. The number of carbonyl (C=O) groups excluding carboxylic acids is 2. The Morgan fingerprint density at radius 2 is 1.66 bits per heavy atom. The predicted molar refractivity (Wildman–Crippen MR) is 116 cm³/mol. The molecule has 29 heavy (non-hydrogen) atoms. The Hall–Kier alpha value is -3.32. The van der Waals surface area contributed by atoms with Crippen LogP contribution in [0.2, 0.25) is 0 Å². The first-order valence-electron chi connectivity index (χ1n) is 8.93. The molecule has 150 valence electrons. The van der Waals surface area contributed by atoms with Crippen LogP contribution in [0.25, 0.3) is 11.1 Å². The molecule has 3 rings (SSSR count). The van der Waals surface area contributed by atoms with Gasteiger partial charge in [-0.1, -0.05) is 12.1 Å².